The Hall–Kier alpha value is -2.10. The summed E-state index contributed by atoms with van der Waals surface area (Å²) in [6.45, 7) is 1.77. The summed E-state index contributed by atoms with van der Waals surface area (Å²) in [6.07, 6.45) is 0. The van der Waals surface area contributed by atoms with Crippen molar-refractivity contribution >= 4 is 11.0 Å². The Balaban J connectivity index is 2.62. The molecule has 4 heteroatoms. The molecule has 0 aliphatic carbocycles. The molecule has 4 nitrogen and oxygen atoms in total. The number of hydrogen-bond donors (Lipinski definition) is 1. The largest absolute Gasteiger partial charge is 0.460 e. The fourth-order valence-electron chi connectivity index (χ4n) is 1.81. The number of aromatic amines is 1. The molecule has 1 aromatic carbocycles. The molecule has 0 unspecified atom stereocenters. The molecule has 0 amide bonds. The zero-order chi connectivity index (χ0) is 10.4. The van der Waals surface area contributed by atoms with Crippen molar-refractivity contribution in [2.24, 2.45) is 0 Å². The first-order valence-electron chi connectivity index (χ1n) is 4.64. The molecule has 0 atom stereocenters. The zero-order valence-electron chi connectivity index (χ0n) is 8.07. The van der Waals surface area contributed by atoms with Crippen LogP contribution in [-0.2, 0) is 0 Å². The molecule has 1 aromatic rings. The number of aryl methyl sites for hydroxylation is 1. The minimum absolute atomic E-state index is 0.197. The van der Waals surface area contributed by atoms with Crippen LogP contribution in [0, 0.1) is 6.92 Å². The molecule has 15 heavy (non-hydrogen) atoms. The van der Waals surface area contributed by atoms with Gasteiger partial charge in [0.2, 0.25) is 0 Å². The summed E-state index contributed by atoms with van der Waals surface area (Å²) in [5.74, 6) is 0.599. The first kappa shape index (κ1) is 8.23. The van der Waals surface area contributed by atoms with Crippen molar-refractivity contribution in [1.29, 1.82) is 0 Å². The fourth-order valence-corrected chi connectivity index (χ4v) is 1.81. The van der Waals surface area contributed by atoms with E-state index in [2.05, 4.69) is 10.2 Å². The van der Waals surface area contributed by atoms with Crippen molar-refractivity contribution < 1.29 is 4.42 Å². The summed E-state index contributed by atoms with van der Waals surface area (Å²) < 4.78 is 5.55. The van der Waals surface area contributed by atoms with E-state index in [-0.39, 0.29) is 5.56 Å². The number of nitrogens with one attached hydrogen (secondary N) is 1. The lowest BCUT2D eigenvalue weighted by atomic mass is 10.1. The van der Waals surface area contributed by atoms with Crippen LogP contribution in [0.5, 0.6) is 0 Å². The van der Waals surface area contributed by atoms with Gasteiger partial charge in [-0.15, -0.1) is 0 Å². The summed E-state index contributed by atoms with van der Waals surface area (Å²) in [7, 11) is 0. The quantitative estimate of drug-likeness (QED) is 0.603. The zero-order valence-corrected chi connectivity index (χ0v) is 8.07. The minimum Gasteiger partial charge on any atom is -0.460 e. The minimum atomic E-state index is -0.197. The second-order valence-electron chi connectivity index (χ2n) is 3.43. The van der Waals surface area contributed by atoms with Crippen molar-refractivity contribution in [2.75, 3.05) is 0 Å². The van der Waals surface area contributed by atoms with Gasteiger partial charge >= 0.3 is 0 Å². The molecule has 74 valence electrons. The highest BCUT2D eigenvalue weighted by Crippen LogP contribution is 2.29. The Morgan fingerprint density at radius 1 is 1.33 bits per heavy atom. The van der Waals surface area contributed by atoms with Gasteiger partial charge < -0.3 is 4.42 Å². The SMILES string of the molecule is Cc1oc2ccccc2c2n[nH]c(=O)c1-2. The fraction of sp³-hybridized carbons (Fsp3) is 0.0909. The van der Waals surface area contributed by atoms with Crippen molar-refractivity contribution in [1.82, 2.24) is 10.2 Å². The maximum absolute atomic E-state index is 11.5. The lowest BCUT2D eigenvalue weighted by molar-refractivity contribution is 0.567. The number of hydrogen-bond acceptors (Lipinski definition) is 3. The third-order valence-electron chi connectivity index (χ3n) is 2.49. The van der Waals surface area contributed by atoms with Crippen LogP contribution in [0.3, 0.4) is 0 Å². The normalized spacial score (nSPS) is 11.3. The highest BCUT2D eigenvalue weighted by atomic mass is 16.3. The summed E-state index contributed by atoms with van der Waals surface area (Å²) in [5, 5.41) is 7.31. The van der Waals surface area contributed by atoms with Crippen molar-refractivity contribution in [3.8, 4) is 11.3 Å². The summed E-state index contributed by atoms with van der Waals surface area (Å²) in [4.78, 5) is 11.5. The number of fused-ring (bicyclic) bond motifs is 3. The molecule has 2 aliphatic heterocycles. The smallest absolute Gasteiger partial charge is 0.277 e. The van der Waals surface area contributed by atoms with E-state index in [9.17, 15) is 4.79 Å². The molecule has 2 heterocycles. The third-order valence-corrected chi connectivity index (χ3v) is 2.49. The van der Waals surface area contributed by atoms with E-state index < -0.39 is 0 Å². The van der Waals surface area contributed by atoms with Gasteiger partial charge in [-0.3, -0.25) is 4.79 Å². The second-order valence-corrected chi connectivity index (χ2v) is 3.43. The molecule has 0 fully saturated rings. The maximum Gasteiger partial charge on any atom is 0.277 e. The standard InChI is InChI=1S/C11H8N2O2/c1-6-9-10(12-13-11(9)14)7-4-2-3-5-8(7)15-6/h2-5H,1H3,(H,13,14). The molecule has 3 rings (SSSR count). The molecule has 0 saturated carbocycles. The predicted octanol–water partition coefficient (Wildman–Crippen LogP) is 1.93. The topological polar surface area (TPSA) is 58.9 Å². The molecular formula is C11H8N2O2. The molecular weight excluding hydrogens is 192 g/mol. The molecule has 0 spiro atoms. The van der Waals surface area contributed by atoms with Gasteiger partial charge in [-0.05, 0) is 19.1 Å². The van der Waals surface area contributed by atoms with Crippen LogP contribution in [0.2, 0.25) is 0 Å². The van der Waals surface area contributed by atoms with Gasteiger partial charge in [-0.1, -0.05) is 12.1 Å². The van der Waals surface area contributed by atoms with Crippen LogP contribution in [0.1, 0.15) is 5.76 Å². The number of aromatic nitrogens is 2. The Morgan fingerprint density at radius 2 is 2.13 bits per heavy atom. The van der Waals surface area contributed by atoms with Gasteiger partial charge in [0, 0.05) is 5.39 Å². The van der Waals surface area contributed by atoms with Crippen LogP contribution in [0.4, 0.5) is 0 Å². The molecule has 2 aliphatic rings. The van der Waals surface area contributed by atoms with Crippen molar-refractivity contribution in [3.05, 3.63) is 40.4 Å². The monoisotopic (exact) mass is 200 g/mol. The highest BCUT2D eigenvalue weighted by Gasteiger charge is 2.18. The van der Waals surface area contributed by atoms with Crippen molar-refractivity contribution in [3.63, 3.8) is 0 Å². The molecule has 0 saturated heterocycles. The van der Waals surface area contributed by atoms with Gasteiger partial charge in [-0.2, -0.15) is 5.10 Å². The van der Waals surface area contributed by atoms with Gasteiger partial charge in [0.15, 0.2) is 0 Å². The highest BCUT2D eigenvalue weighted by molar-refractivity contribution is 5.92. The number of H-pyrrole nitrogens is 1. The Bertz CT molecular complexity index is 666. The van der Waals surface area contributed by atoms with E-state index >= 15 is 0 Å². The third kappa shape index (κ3) is 1.01. The van der Waals surface area contributed by atoms with Crippen LogP contribution >= 0.6 is 0 Å². The average molecular weight is 200 g/mol. The Morgan fingerprint density at radius 3 is 3.00 bits per heavy atom. The molecule has 0 aromatic heterocycles. The van der Waals surface area contributed by atoms with E-state index in [1.54, 1.807) is 6.92 Å². The van der Waals surface area contributed by atoms with E-state index in [4.69, 9.17) is 4.42 Å². The number of para-hydroxylation sites is 1. The van der Waals surface area contributed by atoms with E-state index in [0.717, 1.165) is 11.0 Å². The average Bonchev–Trinajstić information content (AvgIpc) is 2.62. The van der Waals surface area contributed by atoms with Crippen molar-refractivity contribution in [2.45, 2.75) is 6.92 Å². The number of rotatable bonds is 0. The van der Waals surface area contributed by atoms with E-state index in [1.165, 1.54) is 0 Å². The molecule has 0 radical (unpaired) electrons. The Labute approximate surface area is 84.9 Å². The van der Waals surface area contributed by atoms with E-state index in [1.807, 2.05) is 24.3 Å². The summed E-state index contributed by atoms with van der Waals surface area (Å²) >= 11 is 0. The first-order chi connectivity index (χ1) is 7.27. The number of benzene rings is 1. The lowest BCUT2D eigenvalue weighted by Gasteiger charge is -2.04. The van der Waals surface area contributed by atoms with Gasteiger partial charge in [0.05, 0.1) is 0 Å². The van der Waals surface area contributed by atoms with Crippen LogP contribution in [0.25, 0.3) is 22.2 Å². The van der Waals surface area contributed by atoms with Gasteiger partial charge in [-0.25, -0.2) is 5.10 Å². The van der Waals surface area contributed by atoms with Gasteiger partial charge in [0.25, 0.3) is 5.56 Å². The lowest BCUT2D eigenvalue weighted by Crippen LogP contribution is -2.02. The van der Waals surface area contributed by atoms with Gasteiger partial charge in [0.1, 0.15) is 22.6 Å². The second kappa shape index (κ2) is 2.70. The van der Waals surface area contributed by atoms with E-state index in [0.29, 0.717) is 17.0 Å². The number of nitrogens with zero attached hydrogens (tertiary/aromatic N) is 1. The molecule has 1 N–H and O–H groups in total. The van der Waals surface area contributed by atoms with Crippen LogP contribution in [0.15, 0.2) is 33.5 Å². The first-order valence-corrected chi connectivity index (χ1v) is 4.64. The predicted molar refractivity (Wildman–Crippen MR) is 56.0 cm³/mol. The maximum atomic E-state index is 11.5. The molecule has 0 bridgehead atoms. The Kier molecular flexibility index (Phi) is 1.48. The van der Waals surface area contributed by atoms with Crippen LogP contribution < -0.4 is 5.56 Å². The summed E-state index contributed by atoms with van der Waals surface area (Å²) in [6, 6.07) is 7.54. The van der Waals surface area contributed by atoms with Crippen LogP contribution in [-0.4, -0.2) is 10.2 Å². The summed E-state index contributed by atoms with van der Waals surface area (Å²) in [5.41, 5.74) is 1.76.